The number of fused-ring (bicyclic) bond motifs is 1. The van der Waals surface area contributed by atoms with Gasteiger partial charge in [-0.25, -0.2) is 0 Å². The minimum atomic E-state index is -0.220. The summed E-state index contributed by atoms with van der Waals surface area (Å²) in [6, 6.07) is 10.3. The van der Waals surface area contributed by atoms with Gasteiger partial charge in [-0.2, -0.15) is 0 Å². The Balaban J connectivity index is 1.81. The summed E-state index contributed by atoms with van der Waals surface area (Å²) >= 11 is 0. The Hall–Kier alpha value is -2.03. The van der Waals surface area contributed by atoms with E-state index in [9.17, 15) is 9.59 Å². The summed E-state index contributed by atoms with van der Waals surface area (Å²) in [7, 11) is 0. The molecular weight excluding hydrogens is 334 g/mol. The molecule has 0 spiro atoms. The number of hydrogen-bond donors (Lipinski definition) is 0. The molecule has 1 fully saturated rings. The summed E-state index contributed by atoms with van der Waals surface area (Å²) in [6.07, 6.45) is 3.53. The van der Waals surface area contributed by atoms with Gasteiger partial charge >= 0.3 is 0 Å². The molecule has 2 aliphatic carbocycles. The van der Waals surface area contributed by atoms with Crippen LogP contribution in [-0.2, 0) is 16.0 Å². The van der Waals surface area contributed by atoms with Crippen LogP contribution in [0.3, 0.4) is 0 Å². The van der Waals surface area contributed by atoms with Crippen LogP contribution in [0.15, 0.2) is 46.6 Å². The number of nitrogens with zero attached hydrogens (tertiary/aromatic N) is 1. The lowest BCUT2D eigenvalue weighted by molar-refractivity contribution is -0.125. The number of aliphatic imine (C=N–C) groups is 1. The van der Waals surface area contributed by atoms with Crippen molar-refractivity contribution < 1.29 is 9.59 Å². The van der Waals surface area contributed by atoms with Crippen LogP contribution in [0.1, 0.15) is 58.9 Å². The van der Waals surface area contributed by atoms with Crippen molar-refractivity contribution in [2.45, 2.75) is 59.8 Å². The first-order valence-corrected chi connectivity index (χ1v) is 10.1. The monoisotopic (exact) mass is 363 g/mol. The molecule has 1 heterocycles. The number of carbonyl (C=O) groups excluding carboxylic acids is 2. The SMILES string of the molecule is CC1(C)CC(=O)C2C(=NC3=C(C(=O)CC(C)(C)C3)C2Cc2ccccc2)C1. The molecule has 0 saturated heterocycles. The van der Waals surface area contributed by atoms with Crippen LogP contribution in [0.2, 0.25) is 0 Å². The molecule has 2 atom stereocenters. The molecule has 1 saturated carbocycles. The van der Waals surface area contributed by atoms with E-state index < -0.39 is 0 Å². The van der Waals surface area contributed by atoms with Crippen molar-refractivity contribution in [2.24, 2.45) is 27.7 Å². The molecule has 3 nitrogen and oxygen atoms in total. The van der Waals surface area contributed by atoms with Crippen molar-refractivity contribution in [1.29, 1.82) is 0 Å². The van der Waals surface area contributed by atoms with Gasteiger partial charge in [-0.05, 0) is 35.7 Å². The summed E-state index contributed by atoms with van der Waals surface area (Å²) in [5.41, 5.74) is 3.90. The van der Waals surface area contributed by atoms with Crippen molar-refractivity contribution in [3.05, 3.63) is 47.2 Å². The van der Waals surface area contributed by atoms with Gasteiger partial charge in [0, 0.05) is 35.7 Å². The van der Waals surface area contributed by atoms with Crippen LogP contribution < -0.4 is 0 Å². The Morgan fingerprint density at radius 2 is 1.59 bits per heavy atom. The largest absolute Gasteiger partial charge is 0.299 e. The summed E-state index contributed by atoms with van der Waals surface area (Å²) in [5.74, 6) is 0.182. The zero-order valence-electron chi connectivity index (χ0n) is 16.8. The van der Waals surface area contributed by atoms with E-state index in [1.165, 1.54) is 5.56 Å². The van der Waals surface area contributed by atoms with E-state index in [1.807, 2.05) is 18.2 Å². The van der Waals surface area contributed by atoms with Crippen molar-refractivity contribution in [2.75, 3.05) is 0 Å². The smallest absolute Gasteiger partial charge is 0.161 e. The first-order valence-electron chi connectivity index (χ1n) is 10.1. The summed E-state index contributed by atoms with van der Waals surface area (Å²) in [6.45, 7) is 8.58. The molecule has 1 aromatic carbocycles. The summed E-state index contributed by atoms with van der Waals surface area (Å²) < 4.78 is 0. The summed E-state index contributed by atoms with van der Waals surface area (Å²) in [5, 5.41) is 0. The lowest BCUT2D eigenvalue weighted by Crippen LogP contribution is -2.47. The third-order valence-corrected chi connectivity index (χ3v) is 6.26. The topological polar surface area (TPSA) is 46.5 Å². The van der Waals surface area contributed by atoms with E-state index in [0.29, 0.717) is 12.8 Å². The van der Waals surface area contributed by atoms with Crippen LogP contribution in [0.25, 0.3) is 0 Å². The van der Waals surface area contributed by atoms with Crippen molar-refractivity contribution in [1.82, 2.24) is 0 Å². The molecule has 27 heavy (non-hydrogen) atoms. The standard InChI is InChI=1S/C24H29NO2/c1-23(2)11-17-21(19(26)13-23)16(10-15-8-6-5-7-9-15)22-18(25-17)12-24(3,4)14-20(22)27/h5-9,16,21H,10-14H2,1-4H3. The molecule has 0 amide bonds. The minimum absolute atomic E-state index is 0.0457. The highest BCUT2D eigenvalue weighted by Crippen LogP contribution is 2.49. The van der Waals surface area contributed by atoms with E-state index in [-0.39, 0.29) is 34.2 Å². The van der Waals surface area contributed by atoms with Crippen LogP contribution >= 0.6 is 0 Å². The molecule has 0 bridgehead atoms. The molecule has 0 N–H and O–H groups in total. The van der Waals surface area contributed by atoms with Gasteiger partial charge < -0.3 is 0 Å². The Morgan fingerprint density at radius 1 is 0.926 bits per heavy atom. The van der Waals surface area contributed by atoms with Gasteiger partial charge in [0.15, 0.2) is 5.78 Å². The second-order valence-corrected chi connectivity index (χ2v) is 10.2. The summed E-state index contributed by atoms with van der Waals surface area (Å²) in [4.78, 5) is 31.2. The van der Waals surface area contributed by atoms with Gasteiger partial charge in [0.25, 0.3) is 0 Å². The zero-order valence-corrected chi connectivity index (χ0v) is 16.8. The maximum absolute atomic E-state index is 13.1. The molecule has 0 aromatic heterocycles. The average Bonchev–Trinajstić information content (AvgIpc) is 2.52. The Morgan fingerprint density at radius 3 is 2.30 bits per heavy atom. The lowest BCUT2D eigenvalue weighted by Gasteiger charge is -2.44. The van der Waals surface area contributed by atoms with E-state index in [2.05, 4.69) is 39.8 Å². The molecule has 2 unspecified atom stereocenters. The molecule has 3 heteroatoms. The second-order valence-electron chi connectivity index (χ2n) is 10.2. The maximum Gasteiger partial charge on any atom is 0.161 e. The fourth-order valence-corrected chi connectivity index (χ4v) is 5.25. The zero-order chi connectivity index (χ0) is 19.4. The van der Waals surface area contributed by atoms with E-state index >= 15 is 0 Å². The fraction of sp³-hybridized carbons (Fsp3) is 0.542. The van der Waals surface area contributed by atoms with E-state index in [1.54, 1.807) is 0 Å². The molecular formula is C24H29NO2. The number of carbonyl (C=O) groups is 2. The van der Waals surface area contributed by atoms with Crippen LogP contribution in [0.4, 0.5) is 0 Å². The number of benzene rings is 1. The number of Topliss-reactive ketones (excluding diaryl/α,β-unsaturated/α-hetero) is 2. The van der Waals surface area contributed by atoms with Crippen molar-refractivity contribution >= 4 is 17.3 Å². The second kappa shape index (κ2) is 6.25. The number of hydrogen-bond acceptors (Lipinski definition) is 3. The third-order valence-electron chi connectivity index (χ3n) is 6.26. The quantitative estimate of drug-likeness (QED) is 0.746. The first-order chi connectivity index (χ1) is 12.7. The van der Waals surface area contributed by atoms with Crippen molar-refractivity contribution in [3.63, 3.8) is 0 Å². The van der Waals surface area contributed by atoms with Crippen LogP contribution in [0, 0.1) is 22.7 Å². The van der Waals surface area contributed by atoms with Gasteiger partial charge in [0.1, 0.15) is 5.78 Å². The highest BCUT2D eigenvalue weighted by atomic mass is 16.1. The first kappa shape index (κ1) is 18.3. The van der Waals surface area contributed by atoms with Gasteiger partial charge in [0.2, 0.25) is 0 Å². The predicted molar refractivity (Wildman–Crippen MR) is 108 cm³/mol. The molecule has 1 aromatic rings. The Kier molecular flexibility index (Phi) is 4.25. The van der Waals surface area contributed by atoms with Gasteiger partial charge in [-0.3, -0.25) is 14.6 Å². The molecule has 3 aliphatic rings. The average molecular weight is 364 g/mol. The number of allylic oxidation sites excluding steroid dienone is 2. The van der Waals surface area contributed by atoms with Gasteiger partial charge in [-0.15, -0.1) is 0 Å². The van der Waals surface area contributed by atoms with Gasteiger partial charge in [-0.1, -0.05) is 58.0 Å². The molecule has 0 radical (unpaired) electrons. The van der Waals surface area contributed by atoms with Crippen LogP contribution in [0.5, 0.6) is 0 Å². The Bertz CT molecular complexity index is 858. The predicted octanol–water partition coefficient (Wildman–Crippen LogP) is 4.95. The minimum Gasteiger partial charge on any atom is -0.299 e. The molecule has 142 valence electrons. The highest BCUT2D eigenvalue weighted by Gasteiger charge is 2.49. The normalized spacial score (nSPS) is 29.1. The fourth-order valence-electron chi connectivity index (χ4n) is 5.25. The van der Waals surface area contributed by atoms with Crippen molar-refractivity contribution in [3.8, 4) is 0 Å². The highest BCUT2D eigenvalue weighted by molar-refractivity contribution is 6.12. The third kappa shape index (κ3) is 3.44. The number of rotatable bonds is 2. The van der Waals surface area contributed by atoms with E-state index in [4.69, 9.17) is 4.99 Å². The number of ketones is 2. The maximum atomic E-state index is 13.1. The molecule has 1 aliphatic heterocycles. The van der Waals surface area contributed by atoms with Crippen LogP contribution in [-0.4, -0.2) is 17.3 Å². The molecule has 4 rings (SSSR count). The lowest BCUT2D eigenvalue weighted by atomic mass is 9.61. The Labute approximate surface area is 162 Å². The van der Waals surface area contributed by atoms with Gasteiger partial charge in [0.05, 0.1) is 5.92 Å². The van der Waals surface area contributed by atoms with E-state index in [0.717, 1.165) is 36.2 Å².